The number of nitrogens with zero attached hydrogens (tertiary/aromatic N) is 4. The molecule has 162 valence electrons. The van der Waals surface area contributed by atoms with Gasteiger partial charge in [0.25, 0.3) is 0 Å². The maximum absolute atomic E-state index is 13.2. The van der Waals surface area contributed by atoms with E-state index in [-0.39, 0.29) is 21.0 Å². The van der Waals surface area contributed by atoms with Crippen LogP contribution < -0.4 is 9.47 Å². The van der Waals surface area contributed by atoms with E-state index in [4.69, 9.17) is 16.0 Å². The van der Waals surface area contributed by atoms with Crippen molar-refractivity contribution < 1.29 is 17.9 Å². The Morgan fingerprint density at radius 2 is 1.65 bits per heavy atom. The Bertz CT molecular complexity index is 1260. The lowest BCUT2D eigenvalue weighted by molar-refractivity contribution is 0.402. The second kappa shape index (κ2) is 8.04. The van der Waals surface area contributed by atoms with Crippen molar-refractivity contribution in [3.05, 3.63) is 59.1 Å². The van der Waals surface area contributed by atoms with Crippen LogP contribution in [0.15, 0.2) is 46.3 Å². The molecule has 0 amide bonds. The molecule has 8 nitrogen and oxygen atoms in total. The number of sulfone groups is 1. The van der Waals surface area contributed by atoms with Crippen molar-refractivity contribution in [3.63, 3.8) is 0 Å². The fourth-order valence-electron chi connectivity index (χ4n) is 3.16. The number of hydrogen-bond donors (Lipinski definition) is 0. The molecule has 2 aromatic carbocycles. The largest absolute Gasteiger partial charge is 0.508 e. The monoisotopic (exact) mass is 440 g/mol. The minimum Gasteiger partial charge on any atom is -0.508 e. The molecule has 0 spiro atoms. The van der Waals surface area contributed by atoms with Crippen LogP contribution >= 0.6 is 0 Å². The first kappa shape index (κ1) is 22.3. The number of aromatic nitrogens is 3. The van der Waals surface area contributed by atoms with E-state index in [1.54, 1.807) is 25.1 Å². The number of rotatable bonds is 5. The third kappa shape index (κ3) is 3.99. The molecule has 0 unspecified atom stereocenters. The van der Waals surface area contributed by atoms with E-state index in [0.29, 0.717) is 22.9 Å². The molecular formula is C22H24N4O4S. The fraction of sp³-hybridized carbons (Fsp3) is 0.318. The van der Waals surface area contributed by atoms with Crippen molar-refractivity contribution in [2.75, 3.05) is 14.2 Å². The van der Waals surface area contributed by atoms with E-state index >= 15 is 0 Å². The average molecular weight is 441 g/mol. The number of ether oxygens (including phenoxy) is 2. The first-order valence-electron chi connectivity index (χ1n) is 9.46. The van der Waals surface area contributed by atoms with Crippen molar-refractivity contribution in [1.82, 2.24) is 15.0 Å². The molecule has 0 atom stereocenters. The van der Waals surface area contributed by atoms with Crippen molar-refractivity contribution >= 4 is 15.5 Å². The Balaban J connectivity index is 2.11. The van der Waals surface area contributed by atoms with E-state index in [1.165, 1.54) is 25.0 Å². The molecule has 31 heavy (non-hydrogen) atoms. The summed E-state index contributed by atoms with van der Waals surface area (Å²) in [7, 11) is -0.974. The van der Waals surface area contributed by atoms with Crippen LogP contribution in [0.1, 0.15) is 32.0 Å². The molecular weight excluding hydrogens is 416 g/mol. The van der Waals surface area contributed by atoms with Crippen molar-refractivity contribution in [2.24, 2.45) is 0 Å². The molecule has 0 aliphatic heterocycles. The highest BCUT2D eigenvalue weighted by Crippen LogP contribution is 2.38. The van der Waals surface area contributed by atoms with Crippen LogP contribution in [0.3, 0.4) is 0 Å². The molecule has 0 saturated carbocycles. The third-order valence-corrected chi connectivity index (χ3v) is 6.75. The number of hydrogen-bond acceptors (Lipinski definition) is 6. The highest BCUT2D eigenvalue weighted by Gasteiger charge is 2.27. The Morgan fingerprint density at radius 3 is 2.16 bits per heavy atom. The summed E-state index contributed by atoms with van der Waals surface area (Å²) >= 11 is 0. The molecule has 3 rings (SSSR count). The molecule has 9 heteroatoms. The summed E-state index contributed by atoms with van der Waals surface area (Å²) in [5.74, 6) is 0.668. The zero-order valence-corrected chi connectivity index (χ0v) is 19.1. The summed E-state index contributed by atoms with van der Waals surface area (Å²) in [4.78, 5) is 3.56. The van der Waals surface area contributed by atoms with Gasteiger partial charge < -0.3 is 9.47 Å². The summed E-state index contributed by atoms with van der Waals surface area (Å²) < 4.78 is 38.5. The summed E-state index contributed by atoms with van der Waals surface area (Å²) in [5.41, 5.74) is 1.95. The molecule has 0 bridgehead atoms. The van der Waals surface area contributed by atoms with Gasteiger partial charge in [-0.2, -0.15) is 0 Å². The van der Waals surface area contributed by atoms with Gasteiger partial charge in [-0.05, 0) is 42.2 Å². The van der Waals surface area contributed by atoms with E-state index in [0.717, 1.165) is 5.56 Å². The summed E-state index contributed by atoms with van der Waals surface area (Å²) in [6, 6.07) is 9.88. The summed E-state index contributed by atoms with van der Waals surface area (Å²) in [6.07, 6.45) is 0. The van der Waals surface area contributed by atoms with Gasteiger partial charge in [-0.3, -0.25) is 0 Å². The van der Waals surface area contributed by atoms with Crippen molar-refractivity contribution in [3.8, 4) is 17.2 Å². The number of methoxy groups -OCH3 is 2. The van der Waals surface area contributed by atoms with Gasteiger partial charge in [0.15, 0.2) is 0 Å². The van der Waals surface area contributed by atoms with E-state index in [2.05, 4.69) is 35.9 Å². The van der Waals surface area contributed by atoms with Gasteiger partial charge in [-0.1, -0.05) is 38.1 Å². The van der Waals surface area contributed by atoms with E-state index < -0.39 is 9.84 Å². The smallest absolute Gasteiger partial charge is 0.231 e. The van der Waals surface area contributed by atoms with Crippen LogP contribution in [0.4, 0.5) is 5.69 Å². The van der Waals surface area contributed by atoms with Gasteiger partial charge in [0.1, 0.15) is 17.2 Å². The van der Waals surface area contributed by atoms with Crippen LogP contribution in [0.25, 0.3) is 10.5 Å². The Kier molecular flexibility index (Phi) is 5.79. The Hall–Kier alpha value is -3.38. The van der Waals surface area contributed by atoms with Gasteiger partial charge in [-0.25, -0.2) is 17.9 Å². The molecule has 0 aliphatic rings. The Labute approximate surface area is 182 Å². The van der Waals surface area contributed by atoms with E-state index in [1.807, 2.05) is 12.1 Å². The van der Waals surface area contributed by atoms with Crippen LogP contribution in [0, 0.1) is 13.5 Å². The van der Waals surface area contributed by atoms with Gasteiger partial charge in [-0.15, -0.1) is 5.10 Å². The zero-order chi connectivity index (χ0) is 23.0. The fourth-order valence-corrected chi connectivity index (χ4v) is 4.49. The maximum atomic E-state index is 13.2. The lowest BCUT2D eigenvalue weighted by Crippen LogP contribution is -2.12. The van der Waals surface area contributed by atoms with Crippen LogP contribution in [0.5, 0.6) is 11.5 Å². The molecule has 0 radical (unpaired) electrons. The van der Waals surface area contributed by atoms with Crippen LogP contribution in [-0.4, -0.2) is 37.6 Å². The normalized spacial score (nSPS) is 11.8. The minimum atomic E-state index is -3.88. The first-order valence-corrected chi connectivity index (χ1v) is 10.9. The number of benzene rings is 2. The van der Waals surface area contributed by atoms with Gasteiger partial charge in [0.2, 0.25) is 20.6 Å². The average Bonchev–Trinajstić information content (AvgIpc) is 3.14. The topological polar surface area (TPSA) is 87.7 Å². The molecule has 3 aromatic rings. The molecule has 0 N–H and O–H groups in total. The lowest BCUT2D eigenvalue weighted by Gasteiger charge is -2.19. The summed E-state index contributed by atoms with van der Waals surface area (Å²) in [5, 5.41) is 7.85. The molecule has 0 saturated heterocycles. The van der Waals surface area contributed by atoms with Crippen molar-refractivity contribution in [1.29, 1.82) is 0 Å². The standard InChI is InChI=1S/C22H24N4O4S/c1-14-21(31(27,28)16-10-8-15(9-11-16)22(2,3)4)24-25-26(14)18-13-19(29-6)17(23-5)12-20(18)30-7/h8-13H,1-4,6-7H3. The lowest BCUT2D eigenvalue weighted by atomic mass is 9.87. The SMILES string of the molecule is [C-]#[N+]c1cc(OC)c(-n2nnc(S(=O)(=O)c3ccc(C(C)(C)C)cc3)c2C)cc1OC. The van der Waals surface area contributed by atoms with Crippen LogP contribution in [0.2, 0.25) is 0 Å². The predicted octanol–water partition coefficient (Wildman–Crippen LogP) is 4.27. The van der Waals surface area contributed by atoms with Crippen molar-refractivity contribution in [2.45, 2.75) is 43.0 Å². The molecule has 0 fully saturated rings. The molecule has 1 aromatic heterocycles. The highest BCUT2D eigenvalue weighted by atomic mass is 32.2. The van der Waals surface area contributed by atoms with Gasteiger partial charge in [0.05, 0.1) is 31.4 Å². The van der Waals surface area contributed by atoms with Crippen LogP contribution in [-0.2, 0) is 15.3 Å². The molecule has 1 heterocycles. The highest BCUT2D eigenvalue weighted by molar-refractivity contribution is 7.91. The van der Waals surface area contributed by atoms with Gasteiger partial charge in [0, 0.05) is 0 Å². The second-order valence-corrected chi connectivity index (χ2v) is 9.84. The van der Waals surface area contributed by atoms with Gasteiger partial charge >= 0.3 is 0 Å². The zero-order valence-electron chi connectivity index (χ0n) is 18.3. The summed E-state index contributed by atoms with van der Waals surface area (Å²) in [6.45, 7) is 15.1. The third-order valence-electron chi connectivity index (χ3n) is 4.97. The van der Waals surface area contributed by atoms with E-state index in [9.17, 15) is 8.42 Å². The minimum absolute atomic E-state index is 0.0888. The maximum Gasteiger partial charge on any atom is 0.231 e. The quantitative estimate of drug-likeness (QED) is 0.551. The second-order valence-electron chi connectivity index (χ2n) is 7.98. The Morgan fingerprint density at radius 1 is 1.03 bits per heavy atom. The first-order chi connectivity index (χ1) is 14.5. The molecule has 0 aliphatic carbocycles. The predicted molar refractivity (Wildman–Crippen MR) is 116 cm³/mol.